The summed E-state index contributed by atoms with van der Waals surface area (Å²) in [5.41, 5.74) is 1.80. The van der Waals surface area contributed by atoms with E-state index in [1.165, 1.54) is 6.26 Å². The summed E-state index contributed by atoms with van der Waals surface area (Å²) in [7, 11) is -3.20. The van der Waals surface area contributed by atoms with Crippen LogP contribution in [-0.4, -0.2) is 52.3 Å². The highest BCUT2D eigenvalue weighted by Gasteiger charge is 2.09. The average Bonchev–Trinajstić information content (AvgIpc) is 2.36. The Labute approximate surface area is 115 Å². The molecule has 2 N–H and O–H groups in total. The second-order valence-corrected chi connectivity index (χ2v) is 6.66. The van der Waals surface area contributed by atoms with Crippen molar-refractivity contribution < 1.29 is 8.42 Å². The molecule has 0 aromatic heterocycles. The first kappa shape index (κ1) is 14.3. The van der Waals surface area contributed by atoms with Gasteiger partial charge in [0.15, 0.2) is 0 Å². The molecule has 0 bridgehead atoms. The molecule has 106 valence electrons. The van der Waals surface area contributed by atoms with Crippen LogP contribution in [0.5, 0.6) is 0 Å². The highest BCUT2D eigenvalue weighted by atomic mass is 32.2. The SMILES string of the molecule is CS(=O)(=O)Nc1cccc(CCN2CCNCC2)c1. The molecule has 0 radical (unpaired) electrons. The van der Waals surface area contributed by atoms with Crippen molar-refractivity contribution in [1.82, 2.24) is 10.2 Å². The molecule has 0 unspecified atom stereocenters. The lowest BCUT2D eigenvalue weighted by Gasteiger charge is -2.27. The molecule has 5 nitrogen and oxygen atoms in total. The van der Waals surface area contributed by atoms with Gasteiger partial charge in [0.25, 0.3) is 0 Å². The quantitative estimate of drug-likeness (QED) is 0.826. The number of piperazine rings is 1. The molecular weight excluding hydrogens is 262 g/mol. The maximum Gasteiger partial charge on any atom is 0.229 e. The minimum atomic E-state index is -3.20. The van der Waals surface area contributed by atoms with Crippen LogP contribution in [0.15, 0.2) is 24.3 Å². The van der Waals surface area contributed by atoms with Gasteiger partial charge in [0, 0.05) is 38.4 Å². The van der Waals surface area contributed by atoms with E-state index in [0.717, 1.165) is 44.7 Å². The van der Waals surface area contributed by atoms with Gasteiger partial charge in [-0.25, -0.2) is 8.42 Å². The summed E-state index contributed by atoms with van der Waals surface area (Å²) in [4.78, 5) is 2.42. The Bertz CT molecular complexity index is 510. The molecule has 0 atom stereocenters. The molecule has 0 spiro atoms. The fraction of sp³-hybridized carbons (Fsp3) is 0.538. The van der Waals surface area contributed by atoms with Crippen molar-refractivity contribution in [2.45, 2.75) is 6.42 Å². The number of hydrogen-bond acceptors (Lipinski definition) is 4. The van der Waals surface area contributed by atoms with Crippen LogP contribution in [0.2, 0.25) is 0 Å². The fourth-order valence-corrected chi connectivity index (χ4v) is 2.78. The van der Waals surface area contributed by atoms with Gasteiger partial charge in [-0.1, -0.05) is 12.1 Å². The predicted octanol–water partition coefficient (Wildman–Crippen LogP) is 0.506. The smallest absolute Gasteiger partial charge is 0.229 e. The Hall–Kier alpha value is -1.11. The molecule has 19 heavy (non-hydrogen) atoms. The van der Waals surface area contributed by atoms with Crippen molar-refractivity contribution in [1.29, 1.82) is 0 Å². The number of sulfonamides is 1. The van der Waals surface area contributed by atoms with E-state index in [1.807, 2.05) is 18.2 Å². The molecule has 0 saturated carbocycles. The molecule has 0 aliphatic carbocycles. The number of benzene rings is 1. The van der Waals surface area contributed by atoms with Crippen LogP contribution in [-0.2, 0) is 16.4 Å². The molecule has 1 saturated heterocycles. The number of anilines is 1. The lowest BCUT2D eigenvalue weighted by atomic mass is 10.1. The van der Waals surface area contributed by atoms with E-state index < -0.39 is 10.0 Å². The maximum absolute atomic E-state index is 11.2. The predicted molar refractivity (Wildman–Crippen MR) is 77.9 cm³/mol. The number of hydrogen-bond donors (Lipinski definition) is 2. The lowest BCUT2D eigenvalue weighted by molar-refractivity contribution is 0.244. The second kappa shape index (κ2) is 6.36. The van der Waals surface area contributed by atoms with Gasteiger partial charge in [-0.15, -0.1) is 0 Å². The van der Waals surface area contributed by atoms with Crippen LogP contribution in [0.3, 0.4) is 0 Å². The summed E-state index contributed by atoms with van der Waals surface area (Å²) >= 11 is 0. The minimum absolute atomic E-state index is 0.639. The van der Waals surface area contributed by atoms with Crippen molar-refractivity contribution in [3.8, 4) is 0 Å². The number of nitrogens with one attached hydrogen (secondary N) is 2. The van der Waals surface area contributed by atoms with Crippen molar-refractivity contribution in [2.24, 2.45) is 0 Å². The first-order valence-electron chi connectivity index (χ1n) is 6.53. The monoisotopic (exact) mass is 283 g/mol. The van der Waals surface area contributed by atoms with Crippen LogP contribution in [0.4, 0.5) is 5.69 Å². The largest absolute Gasteiger partial charge is 0.314 e. The number of rotatable bonds is 5. The van der Waals surface area contributed by atoms with Gasteiger partial charge in [-0.3, -0.25) is 4.72 Å². The molecule has 1 aliphatic heterocycles. The topological polar surface area (TPSA) is 61.4 Å². The van der Waals surface area contributed by atoms with E-state index in [0.29, 0.717) is 5.69 Å². The zero-order valence-corrected chi connectivity index (χ0v) is 12.0. The van der Waals surface area contributed by atoms with Crippen LogP contribution in [0.1, 0.15) is 5.56 Å². The fourth-order valence-electron chi connectivity index (χ4n) is 2.23. The van der Waals surface area contributed by atoms with Crippen LogP contribution in [0.25, 0.3) is 0 Å². The zero-order chi connectivity index (χ0) is 13.7. The van der Waals surface area contributed by atoms with E-state index in [4.69, 9.17) is 0 Å². The lowest BCUT2D eigenvalue weighted by Crippen LogP contribution is -2.44. The Balaban J connectivity index is 1.91. The Morgan fingerprint density at radius 3 is 2.74 bits per heavy atom. The summed E-state index contributed by atoms with van der Waals surface area (Å²) in [5.74, 6) is 0. The maximum atomic E-state index is 11.2. The van der Waals surface area contributed by atoms with E-state index in [9.17, 15) is 8.42 Å². The molecule has 1 aromatic carbocycles. The first-order chi connectivity index (χ1) is 9.03. The van der Waals surface area contributed by atoms with Gasteiger partial charge in [0.05, 0.1) is 6.26 Å². The standard InChI is InChI=1S/C13H21N3O2S/c1-19(17,18)15-13-4-2-3-12(11-13)5-8-16-9-6-14-7-10-16/h2-4,11,14-15H,5-10H2,1H3. The third-order valence-corrected chi connectivity index (χ3v) is 3.76. The summed E-state index contributed by atoms with van der Waals surface area (Å²) in [6.45, 7) is 5.29. The van der Waals surface area contributed by atoms with Crippen LogP contribution < -0.4 is 10.0 Å². The summed E-state index contributed by atoms with van der Waals surface area (Å²) < 4.78 is 24.9. The zero-order valence-electron chi connectivity index (χ0n) is 11.2. The van der Waals surface area contributed by atoms with Crippen molar-refractivity contribution in [2.75, 3.05) is 43.7 Å². The average molecular weight is 283 g/mol. The van der Waals surface area contributed by atoms with E-state index >= 15 is 0 Å². The van der Waals surface area contributed by atoms with Gasteiger partial charge in [0.2, 0.25) is 10.0 Å². The molecule has 2 rings (SSSR count). The van der Waals surface area contributed by atoms with Gasteiger partial charge in [0.1, 0.15) is 0 Å². The third kappa shape index (κ3) is 5.18. The van der Waals surface area contributed by atoms with E-state index in [-0.39, 0.29) is 0 Å². The Morgan fingerprint density at radius 2 is 2.05 bits per heavy atom. The van der Waals surface area contributed by atoms with E-state index in [2.05, 4.69) is 14.9 Å². The summed E-state index contributed by atoms with van der Waals surface area (Å²) in [6, 6.07) is 7.61. The summed E-state index contributed by atoms with van der Waals surface area (Å²) in [5, 5.41) is 3.33. The molecule has 0 amide bonds. The first-order valence-corrected chi connectivity index (χ1v) is 8.42. The van der Waals surface area contributed by atoms with Crippen molar-refractivity contribution in [3.05, 3.63) is 29.8 Å². The van der Waals surface area contributed by atoms with Gasteiger partial charge >= 0.3 is 0 Å². The second-order valence-electron chi connectivity index (χ2n) is 4.92. The molecular formula is C13H21N3O2S. The normalized spacial score (nSPS) is 17.3. The third-order valence-electron chi connectivity index (χ3n) is 3.16. The van der Waals surface area contributed by atoms with E-state index in [1.54, 1.807) is 6.07 Å². The molecule has 1 fully saturated rings. The van der Waals surface area contributed by atoms with Gasteiger partial charge < -0.3 is 10.2 Å². The molecule has 1 heterocycles. The van der Waals surface area contributed by atoms with Gasteiger partial charge in [-0.2, -0.15) is 0 Å². The van der Waals surface area contributed by atoms with Gasteiger partial charge in [-0.05, 0) is 24.1 Å². The highest BCUT2D eigenvalue weighted by molar-refractivity contribution is 7.92. The Morgan fingerprint density at radius 1 is 1.32 bits per heavy atom. The minimum Gasteiger partial charge on any atom is -0.314 e. The Kier molecular flexibility index (Phi) is 4.79. The molecule has 1 aliphatic rings. The number of nitrogens with zero attached hydrogens (tertiary/aromatic N) is 1. The summed E-state index contributed by atoms with van der Waals surface area (Å²) in [6.07, 6.45) is 2.11. The highest BCUT2D eigenvalue weighted by Crippen LogP contribution is 2.13. The molecule has 1 aromatic rings. The van der Waals surface area contributed by atoms with Crippen molar-refractivity contribution >= 4 is 15.7 Å². The van der Waals surface area contributed by atoms with Crippen LogP contribution >= 0.6 is 0 Å². The molecule has 6 heteroatoms. The van der Waals surface area contributed by atoms with Crippen molar-refractivity contribution in [3.63, 3.8) is 0 Å². The van der Waals surface area contributed by atoms with Crippen LogP contribution in [0, 0.1) is 0 Å².